The predicted octanol–water partition coefficient (Wildman–Crippen LogP) is 8.39. The van der Waals surface area contributed by atoms with Crippen LogP contribution in [0.5, 0.6) is 0 Å². The predicted molar refractivity (Wildman–Crippen MR) is 139 cm³/mol. The quantitative estimate of drug-likeness (QED) is 0.378. The van der Waals surface area contributed by atoms with Gasteiger partial charge in [-0.15, -0.1) is 0 Å². The molecule has 2 aliphatic carbocycles. The molecule has 3 heteroatoms. The molecule has 2 N–H and O–H groups in total. The van der Waals surface area contributed by atoms with Crippen molar-refractivity contribution in [1.29, 1.82) is 0 Å². The Labute approximate surface area is 205 Å². The zero-order chi connectivity index (χ0) is 23.3. The van der Waals surface area contributed by atoms with E-state index in [-0.39, 0.29) is 0 Å². The van der Waals surface area contributed by atoms with E-state index in [4.69, 9.17) is 4.74 Å². The van der Waals surface area contributed by atoms with Crippen molar-refractivity contribution in [1.82, 2.24) is 0 Å². The van der Waals surface area contributed by atoms with E-state index in [1.165, 1.54) is 96.3 Å². The fourth-order valence-electron chi connectivity index (χ4n) is 7.28. The Hall–Kier alpha value is -0.120. The molecular formula is C30H56O3. The second-order valence-electron chi connectivity index (χ2n) is 11.9. The summed E-state index contributed by atoms with van der Waals surface area (Å²) in [6, 6.07) is 0. The van der Waals surface area contributed by atoms with E-state index in [0.717, 1.165) is 70.8 Å². The van der Waals surface area contributed by atoms with Gasteiger partial charge in [-0.05, 0) is 38.5 Å². The minimum Gasteiger partial charge on any atom is -0.387 e. The first-order valence-electron chi connectivity index (χ1n) is 15.2. The topological polar surface area (TPSA) is 49.7 Å². The van der Waals surface area contributed by atoms with Crippen LogP contribution in [0.4, 0.5) is 0 Å². The first-order valence-corrected chi connectivity index (χ1v) is 15.2. The molecule has 0 aromatic carbocycles. The normalized spacial score (nSPS) is 38.0. The molecule has 1 spiro atoms. The lowest BCUT2D eigenvalue weighted by molar-refractivity contribution is -0.276. The molecule has 3 nitrogen and oxygen atoms in total. The lowest BCUT2D eigenvalue weighted by Gasteiger charge is -2.56. The van der Waals surface area contributed by atoms with Crippen LogP contribution in [0, 0.1) is 0 Å². The zero-order valence-corrected chi connectivity index (χ0v) is 21.9. The van der Waals surface area contributed by atoms with E-state index in [0.29, 0.717) is 6.42 Å². The summed E-state index contributed by atoms with van der Waals surface area (Å²) < 4.78 is 6.93. The standard InChI is InChI=1S/C30H56O3/c31-28-22-16-10-4-1-6-12-18-24-29(25-19-13-7-3-9-15-21-27-33-29)30(28,32)26-20-14-8-2-5-11-17-23-28/h31-32H,1-27H2. The Morgan fingerprint density at radius 3 is 1.15 bits per heavy atom. The first-order chi connectivity index (χ1) is 16.1. The number of ether oxygens (including phenoxy) is 1. The third-order valence-corrected chi connectivity index (χ3v) is 9.43. The van der Waals surface area contributed by atoms with E-state index < -0.39 is 16.8 Å². The van der Waals surface area contributed by atoms with Gasteiger partial charge in [0.05, 0.1) is 11.2 Å². The van der Waals surface area contributed by atoms with Crippen molar-refractivity contribution in [3.8, 4) is 0 Å². The van der Waals surface area contributed by atoms with Crippen molar-refractivity contribution >= 4 is 0 Å². The summed E-state index contributed by atoms with van der Waals surface area (Å²) in [4.78, 5) is 0. The summed E-state index contributed by atoms with van der Waals surface area (Å²) in [6.07, 6.45) is 29.4. The number of hydrogen-bond donors (Lipinski definition) is 2. The molecule has 3 unspecified atom stereocenters. The number of rotatable bonds is 0. The molecule has 3 fully saturated rings. The highest BCUT2D eigenvalue weighted by Crippen LogP contribution is 2.50. The van der Waals surface area contributed by atoms with Crippen LogP contribution in [0.15, 0.2) is 0 Å². The van der Waals surface area contributed by atoms with Crippen molar-refractivity contribution in [2.75, 3.05) is 6.61 Å². The largest absolute Gasteiger partial charge is 0.387 e. The Kier molecular flexibility index (Phi) is 12.0. The molecule has 0 amide bonds. The monoisotopic (exact) mass is 464 g/mol. The zero-order valence-electron chi connectivity index (χ0n) is 21.9. The van der Waals surface area contributed by atoms with Gasteiger partial charge < -0.3 is 14.9 Å². The van der Waals surface area contributed by atoms with Crippen LogP contribution < -0.4 is 0 Å². The van der Waals surface area contributed by atoms with E-state index in [1.807, 2.05) is 0 Å². The van der Waals surface area contributed by atoms with Crippen LogP contribution in [-0.4, -0.2) is 33.6 Å². The summed E-state index contributed by atoms with van der Waals surface area (Å²) in [5.41, 5.74) is -2.73. The maximum atomic E-state index is 12.9. The fraction of sp³-hybridized carbons (Fsp3) is 1.00. The van der Waals surface area contributed by atoms with Gasteiger partial charge in [0.1, 0.15) is 5.60 Å². The molecule has 1 aliphatic heterocycles. The molecule has 0 bridgehead atoms. The highest BCUT2D eigenvalue weighted by atomic mass is 16.5. The van der Waals surface area contributed by atoms with Crippen molar-refractivity contribution in [3.05, 3.63) is 0 Å². The molecule has 0 aromatic heterocycles. The molecule has 1 heterocycles. The maximum absolute atomic E-state index is 12.9. The van der Waals surface area contributed by atoms with Gasteiger partial charge in [0.15, 0.2) is 0 Å². The molecule has 33 heavy (non-hydrogen) atoms. The Balaban J connectivity index is 1.98. The fourth-order valence-corrected chi connectivity index (χ4v) is 7.28. The maximum Gasteiger partial charge on any atom is 0.122 e. The molecule has 3 aliphatic rings. The van der Waals surface area contributed by atoms with E-state index in [2.05, 4.69) is 0 Å². The summed E-state index contributed by atoms with van der Waals surface area (Å²) in [5.74, 6) is 0. The van der Waals surface area contributed by atoms with Crippen LogP contribution in [0.2, 0.25) is 0 Å². The third-order valence-electron chi connectivity index (χ3n) is 9.43. The summed E-state index contributed by atoms with van der Waals surface area (Å²) in [6.45, 7) is 0.748. The van der Waals surface area contributed by atoms with Crippen molar-refractivity contribution < 1.29 is 14.9 Å². The lowest BCUT2D eigenvalue weighted by Crippen LogP contribution is -2.69. The van der Waals surface area contributed by atoms with Gasteiger partial charge in [0.25, 0.3) is 0 Å². The van der Waals surface area contributed by atoms with Gasteiger partial charge in [-0.1, -0.05) is 128 Å². The molecular weight excluding hydrogens is 408 g/mol. The van der Waals surface area contributed by atoms with E-state index >= 15 is 0 Å². The van der Waals surface area contributed by atoms with Gasteiger partial charge >= 0.3 is 0 Å². The molecule has 1 saturated heterocycles. The third kappa shape index (κ3) is 7.68. The lowest BCUT2D eigenvalue weighted by atomic mass is 9.61. The van der Waals surface area contributed by atoms with Crippen LogP contribution in [0.1, 0.15) is 167 Å². The molecule has 3 rings (SSSR count). The summed E-state index contributed by atoms with van der Waals surface area (Å²) in [5, 5.41) is 25.4. The number of fused-ring (bicyclic) bond motifs is 2. The van der Waals surface area contributed by atoms with Crippen LogP contribution >= 0.6 is 0 Å². The Bertz CT molecular complexity index is 509. The second kappa shape index (κ2) is 14.4. The average molecular weight is 465 g/mol. The summed E-state index contributed by atoms with van der Waals surface area (Å²) >= 11 is 0. The van der Waals surface area contributed by atoms with Gasteiger partial charge in [-0.3, -0.25) is 0 Å². The van der Waals surface area contributed by atoms with E-state index in [1.54, 1.807) is 0 Å². The van der Waals surface area contributed by atoms with Crippen molar-refractivity contribution in [3.63, 3.8) is 0 Å². The van der Waals surface area contributed by atoms with Crippen LogP contribution in [0.3, 0.4) is 0 Å². The van der Waals surface area contributed by atoms with Crippen molar-refractivity contribution in [2.45, 2.75) is 184 Å². The van der Waals surface area contributed by atoms with Gasteiger partial charge in [-0.25, -0.2) is 0 Å². The first kappa shape index (κ1) is 27.5. The number of aliphatic hydroxyl groups is 2. The Morgan fingerprint density at radius 1 is 0.364 bits per heavy atom. The smallest absolute Gasteiger partial charge is 0.122 e. The molecule has 3 atom stereocenters. The molecule has 2 saturated carbocycles. The minimum absolute atomic E-state index is 0.584. The van der Waals surface area contributed by atoms with Gasteiger partial charge in [0, 0.05) is 6.61 Å². The highest BCUT2D eigenvalue weighted by Gasteiger charge is 2.61. The second-order valence-corrected chi connectivity index (χ2v) is 11.9. The van der Waals surface area contributed by atoms with Crippen LogP contribution in [-0.2, 0) is 4.74 Å². The Morgan fingerprint density at radius 2 is 0.697 bits per heavy atom. The highest BCUT2D eigenvalue weighted by molar-refractivity contribution is 5.13. The van der Waals surface area contributed by atoms with E-state index in [9.17, 15) is 10.2 Å². The van der Waals surface area contributed by atoms with Crippen LogP contribution in [0.25, 0.3) is 0 Å². The van der Waals surface area contributed by atoms with Crippen molar-refractivity contribution in [2.24, 2.45) is 0 Å². The summed E-state index contributed by atoms with van der Waals surface area (Å²) in [7, 11) is 0. The minimum atomic E-state index is -1.13. The average Bonchev–Trinajstić information content (AvgIpc) is 2.88. The molecule has 194 valence electrons. The molecule has 0 aromatic rings. The van der Waals surface area contributed by atoms with Gasteiger partial charge in [0.2, 0.25) is 0 Å². The SMILES string of the molecule is OC12CCCCCCCCCC3(CCCCCCCCCO3)C1(O)CCCCCCCCC2. The number of hydrogen-bond acceptors (Lipinski definition) is 3. The van der Waals surface area contributed by atoms with Gasteiger partial charge in [-0.2, -0.15) is 0 Å². The molecule has 0 radical (unpaired) electrons.